The van der Waals surface area contributed by atoms with Crippen LogP contribution >= 0.6 is 35.3 Å². The predicted molar refractivity (Wildman–Crippen MR) is 136 cm³/mol. The molecule has 0 bridgehead atoms. The standard InChI is InChI=1S/C22H32N4O2S.HI/c1-2-23-22(24-15-20(27)17-28-16-18-7-4-3-5-8-18)25-19-10-12-26(13-11-19)21-9-6-14-29-21;/h3-9,14,19-20,27H,2,10-13,15-17H2,1H3,(H2,23,24,25);1H. The van der Waals surface area contributed by atoms with E-state index in [4.69, 9.17) is 4.74 Å². The number of thiophene rings is 1. The largest absolute Gasteiger partial charge is 0.389 e. The second-order valence-corrected chi connectivity index (χ2v) is 8.16. The Labute approximate surface area is 200 Å². The summed E-state index contributed by atoms with van der Waals surface area (Å²) >= 11 is 1.80. The van der Waals surface area contributed by atoms with Crippen molar-refractivity contribution in [1.82, 2.24) is 10.6 Å². The molecule has 0 aliphatic carbocycles. The smallest absolute Gasteiger partial charge is 0.191 e. The summed E-state index contributed by atoms with van der Waals surface area (Å²) in [7, 11) is 0. The van der Waals surface area contributed by atoms with E-state index in [0.29, 0.717) is 19.2 Å². The lowest BCUT2D eigenvalue weighted by atomic mass is 10.1. The molecule has 1 aliphatic heterocycles. The molecule has 8 heteroatoms. The molecule has 3 N–H and O–H groups in total. The maximum atomic E-state index is 10.2. The minimum atomic E-state index is -0.616. The number of anilines is 1. The number of rotatable bonds is 9. The van der Waals surface area contributed by atoms with Crippen molar-refractivity contribution in [2.45, 2.75) is 38.5 Å². The van der Waals surface area contributed by atoms with Gasteiger partial charge in [0.05, 0.1) is 30.9 Å². The summed E-state index contributed by atoms with van der Waals surface area (Å²) in [5.41, 5.74) is 1.10. The molecule has 0 spiro atoms. The molecule has 0 amide bonds. The van der Waals surface area contributed by atoms with Gasteiger partial charge >= 0.3 is 0 Å². The molecule has 1 unspecified atom stereocenters. The summed E-state index contributed by atoms with van der Waals surface area (Å²) in [4.78, 5) is 7.00. The molecule has 166 valence electrons. The molecule has 1 saturated heterocycles. The van der Waals surface area contributed by atoms with E-state index in [-0.39, 0.29) is 30.6 Å². The number of hydrogen-bond donors (Lipinski definition) is 3. The lowest BCUT2D eigenvalue weighted by molar-refractivity contribution is 0.0331. The first kappa shape index (κ1) is 24.9. The minimum Gasteiger partial charge on any atom is -0.389 e. The lowest BCUT2D eigenvalue weighted by Crippen LogP contribution is -2.49. The molecule has 1 aliphatic rings. The van der Waals surface area contributed by atoms with Crippen molar-refractivity contribution in [3.63, 3.8) is 0 Å². The van der Waals surface area contributed by atoms with Crippen LogP contribution in [0.15, 0.2) is 52.8 Å². The van der Waals surface area contributed by atoms with E-state index in [1.807, 2.05) is 30.3 Å². The minimum absolute atomic E-state index is 0. The number of aliphatic imine (C=N–C) groups is 1. The topological polar surface area (TPSA) is 69.1 Å². The highest BCUT2D eigenvalue weighted by Crippen LogP contribution is 2.24. The van der Waals surface area contributed by atoms with Crippen molar-refractivity contribution in [1.29, 1.82) is 0 Å². The molecule has 2 heterocycles. The second-order valence-electron chi connectivity index (χ2n) is 7.23. The summed E-state index contributed by atoms with van der Waals surface area (Å²) in [6.45, 7) is 6.04. The first-order chi connectivity index (χ1) is 14.2. The summed E-state index contributed by atoms with van der Waals surface area (Å²) in [6, 6.07) is 14.7. The van der Waals surface area contributed by atoms with Crippen LogP contribution in [0.4, 0.5) is 5.00 Å². The number of guanidine groups is 1. The van der Waals surface area contributed by atoms with Gasteiger partial charge in [-0.3, -0.25) is 4.99 Å². The predicted octanol–water partition coefficient (Wildman–Crippen LogP) is 3.47. The molecular weight excluding hydrogens is 511 g/mol. The van der Waals surface area contributed by atoms with Crippen LogP contribution in [-0.4, -0.2) is 56.0 Å². The van der Waals surface area contributed by atoms with Gasteiger partial charge in [0.25, 0.3) is 0 Å². The Morgan fingerprint density at radius 2 is 2.00 bits per heavy atom. The number of nitrogens with zero attached hydrogens (tertiary/aromatic N) is 2. The number of nitrogens with one attached hydrogen (secondary N) is 2. The highest BCUT2D eigenvalue weighted by atomic mass is 127. The number of hydrogen-bond acceptors (Lipinski definition) is 5. The van der Waals surface area contributed by atoms with E-state index in [1.165, 1.54) is 5.00 Å². The Morgan fingerprint density at radius 3 is 2.67 bits per heavy atom. The van der Waals surface area contributed by atoms with Crippen LogP contribution in [0.2, 0.25) is 0 Å². The molecule has 1 fully saturated rings. The zero-order valence-corrected chi connectivity index (χ0v) is 20.6. The lowest BCUT2D eigenvalue weighted by Gasteiger charge is -2.33. The van der Waals surface area contributed by atoms with Crippen LogP contribution in [0.1, 0.15) is 25.3 Å². The van der Waals surface area contributed by atoms with E-state index in [9.17, 15) is 5.11 Å². The van der Waals surface area contributed by atoms with Crippen molar-refractivity contribution >= 4 is 46.3 Å². The Bertz CT molecular complexity index is 722. The van der Waals surface area contributed by atoms with Crippen LogP contribution in [0.5, 0.6) is 0 Å². The maximum absolute atomic E-state index is 10.2. The van der Waals surface area contributed by atoms with E-state index < -0.39 is 6.10 Å². The first-order valence-electron chi connectivity index (χ1n) is 10.4. The average Bonchev–Trinajstić information content (AvgIpc) is 3.28. The first-order valence-corrected chi connectivity index (χ1v) is 11.3. The van der Waals surface area contributed by atoms with Crippen LogP contribution in [0, 0.1) is 0 Å². The highest BCUT2D eigenvalue weighted by molar-refractivity contribution is 14.0. The van der Waals surface area contributed by atoms with Gasteiger partial charge in [-0.25, -0.2) is 0 Å². The number of aliphatic hydroxyl groups excluding tert-OH is 1. The third-order valence-electron chi connectivity index (χ3n) is 4.88. The van der Waals surface area contributed by atoms with Crippen LogP contribution in [0.25, 0.3) is 0 Å². The van der Waals surface area contributed by atoms with Gasteiger partial charge in [-0.1, -0.05) is 30.3 Å². The monoisotopic (exact) mass is 544 g/mol. The molecule has 1 atom stereocenters. The van der Waals surface area contributed by atoms with Gasteiger partial charge in [0.1, 0.15) is 0 Å². The molecular formula is C22H33IN4O2S. The number of benzene rings is 1. The average molecular weight is 545 g/mol. The van der Waals surface area contributed by atoms with Crippen molar-refractivity contribution in [2.24, 2.45) is 4.99 Å². The number of ether oxygens (including phenoxy) is 1. The molecule has 6 nitrogen and oxygen atoms in total. The third-order valence-corrected chi connectivity index (χ3v) is 5.81. The third kappa shape index (κ3) is 8.41. The van der Waals surface area contributed by atoms with E-state index in [1.54, 1.807) is 11.3 Å². The summed E-state index contributed by atoms with van der Waals surface area (Å²) in [5.74, 6) is 0.768. The van der Waals surface area contributed by atoms with Gasteiger partial charge in [0.15, 0.2) is 5.96 Å². The fourth-order valence-corrected chi connectivity index (χ4v) is 4.13. The molecule has 1 aromatic carbocycles. The number of aliphatic hydroxyl groups is 1. The van der Waals surface area contributed by atoms with Gasteiger partial charge in [-0.05, 0) is 42.8 Å². The van der Waals surface area contributed by atoms with Gasteiger partial charge in [0.2, 0.25) is 0 Å². The van der Waals surface area contributed by atoms with Crippen molar-refractivity contribution < 1.29 is 9.84 Å². The normalized spacial score (nSPS) is 16.1. The quantitative estimate of drug-likeness (QED) is 0.256. The second kappa shape index (κ2) is 13.8. The van der Waals surface area contributed by atoms with Gasteiger partial charge in [-0.2, -0.15) is 0 Å². The Hall–Kier alpha value is -1.36. The van der Waals surface area contributed by atoms with E-state index in [2.05, 4.69) is 45.0 Å². The van der Waals surface area contributed by atoms with Gasteiger partial charge < -0.3 is 25.4 Å². The van der Waals surface area contributed by atoms with Crippen molar-refractivity contribution in [3.8, 4) is 0 Å². The number of halogens is 1. The fraction of sp³-hybridized carbons (Fsp3) is 0.500. The SMILES string of the molecule is CCNC(=NCC(O)COCc1ccccc1)NC1CCN(c2cccs2)CC1.I. The Kier molecular flexibility index (Phi) is 11.5. The highest BCUT2D eigenvalue weighted by Gasteiger charge is 2.20. The fourth-order valence-electron chi connectivity index (χ4n) is 3.34. The summed E-state index contributed by atoms with van der Waals surface area (Å²) in [6.07, 6.45) is 1.53. The van der Waals surface area contributed by atoms with Crippen molar-refractivity contribution in [2.75, 3.05) is 37.7 Å². The van der Waals surface area contributed by atoms with E-state index in [0.717, 1.165) is 44.0 Å². The molecule has 2 aromatic rings. The summed E-state index contributed by atoms with van der Waals surface area (Å²) in [5, 5.41) is 20.5. The van der Waals surface area contributed by atoms with Crippen molar-refractivity contribution in [3.05, 3.63) is 53.4 Å². The van der Waals surface area contributed by atoms with E-state index >= 15 is 0 Å². The zero-order valence-electron chi connectivity index (χ0n) is 17.5. The zero-order chi connectivity index (χ0) is 20.3. The molecule has 30 heavy (non-hydrogen) atoms. The summed E-state index contributed by atoms with van der Waals surface area (Å²) < 4.78 is 5.61. The van der Waals surface area contributed by atoms with Crippen LogP contribution in [0.3, 0.4) is 0 Å². The Morgan fingerprint density at radius 1 is 1.23 bits per heavy atom. The van der Waals surface area contributed by atoms with Gasteiger partial charge in [-0.15, -0.1) is 35.3 Å². The maximum Gasteiger partial charge on any atom is 0.191 e. The van der Waals surface area contributed by atoms with Crippen LogP contribution < -0.4 is 15.5 Å². The van der Waals surface area contributed by atoms with Crippen LogP contribution in [-0.2, 0) is 11.3 Å². The molecule has 0 radical (unpaired) electrons. The molecule has 3 rings (SSSR count). The van der Waals surface area contributed by atoms with Gasteiger partial charge in [0, 0.05) is 25.7 Å². The Balaban J connectivity index is 0.00000320. The molecule has 1 aromatic heterocycles. The number of piperidine rings is 1. The molecule has 0 saturated carbocycles.